The lowest BCUT2D eigenvalue weighted by Gasteiger charge is -2.25. The molecule has 0 fully saturated rings. The average molecular weight is 332 g/mol. The van der Waals surface area contributed by atoms with Crippen LogP contribution in [-0.4, -0.2) is 31.8 Å². The van der Waals surface area contributed by atoms with E-state index in [4.69, 9.17) is 4.74 Å². The van der Waals surface area contributed by atoms with E-state index in [-0.39, 0.29) is 24.0 Å². The zero-order valence-corrected chi connectivity index (χ0v) is 13.6. The van der Waals surface area contributed by atoms with Gasteiger partial charge in [0, 0.05) is 12.3 Å². The molecule has 1 N–H and O–H groups in total. The number of hydrogen-bond donors (Lipinski definition) is 1. The molecule has 0 bridgehead atoms. The Kier molecular flexibility index (Phi) is 5.66. The summed E-state index contributed by atoms with van der Waals surface area (Å²) in [5.41, 5.74) is 1.30. The fraction of sp³-hybridized carbons (Fsp3) is 0.312. The highest BCUT2D eigenvalue weighted by Crippen LogP contribution is 2.36. The lowest BCUT2D eigenvalue weighted by atomic mass is 9.87. The Hall–Kier alpha value is -2.46. The minimum absolute atomic E-state index is 0.0344. The molecule has 1 amide bonds. The Morgan fingerprint density at radius 2 is 2.09 bits per heavy atom. The first-order valence-corrected chi connectivity index (χ1v) is 7.85. The molecule has 7 heteroatoms. The van der Waals surface area contributed by atoms with Gasteiger partial charge in [-0.15, -0.1) is 0 Å². The summed E-state index contributed by atoms with van der Waals surface area (Å²) in [6.45, 7) is 0. The van der Waals surface area contributed by atoms with E-state index in [1.807, 2.05) is 12.1 Å². The molecule has 0 aliphatic carbocycles. The first kappa shape index (κ1) is 16.9. The zero-order valence-electron chi connectivity index (χ0n) is 12.8. The molecule has 1 aromatic rings. The van der Waals surface area contributed by atoms with Gasteiger partial charge in [0.1, 0.15) is 5.75 Å². The van der Waals surface area contributed by atoms with E-state index in [0.29, 0.717) is 16.4 Å². The monoisotopic (exact) mass is 332 g/mol. The summed E-state index contributed by atoms with van der Waals surface area (Å²) in [7, 11) is 2.87. The molecule has 1 heterocycles. The van der Waals surface area contributed by atoms with Crippen molar-refractivity contribution in [1.82, 2.24) is 5.32 Å². The van der Waals surface area contributed by atoms with Gasteiger partial charge < -0.3 is 14.8 Å². The fourth-order valence-corrected chi connectivity index (χ4v) is 3.15. The molecule has 2 rings (SSSR count). The summed E-state index contributed by atoms with van der Waals surface area (Å²) >= 11 is 1.10. The lowest BCUT2D eigenvalue weighted by Crippen LogP contribution is -2.31. The van der Waals surface area contributed by atoms with Gasteiger partial charge in [-0.1, -0.05) is 23.9 Å². The van der Waals surface area contributed by atoms with Gasteiger partial charge in [0.05, 0.1) is 36.6 Å². The second-order valence-electron chi connectivity index (χ2n) is 4.80. The van der Waals surface area contributed by atoms with Crippen molar-refractivity contribution < 1.29 is 19.1 Å². The quantitative estimate of drug-likeness (QED) is 0.829. The van der Waals surface area contributed by atoms with Crippen molar-refractivity contribution in [1.29, 1.82) is 5.26 Å². The van der Waals surface area contributed by atoms with Gasteiger partial charge in [0.15, 0.2) is 0 Å². The molecule has 0 saturated heterocycles. The van der Waals surface area contributed by atoms with Crippen molar-refractivity contribution in [3.8, 4) is 11.8 Å². The molecule has 0 spiro atoms. The molecule has 120 valence electrons. The maximum atomic E-state index is 11.9. The maximum Gasteiger partial charge on any atom is 0.316 e. The minimum atomic E-state index is -0.416. The number of nitrogens with zero attached hydrogens (tertiary/aromatic N) is 1. The number of methoxy groups -OCH3 is 2. The predicted molar refractivity (Wildman–Crippen MR) is 85.6 cm³/mol. The lowest BCUT2D eigenvalue weighted by molar-refractivity contribution is -0.137. The number of hydrogen-bond acceptors (Lipinski definition) is 6. The van der Waals surface area contributed by atoms with Crippen LogP contribution in [0.4, 0.5) is 0 Å². The van der Waals surface area contributed by atoms with Gasteiger partial charge in [-0.3, -0.25) is 9.59 Å². The number of nitriles is 1. The number of amides is 1. The van der Waals surface area contributed by atoms with Crippen molar-refractivity contribution in [2.45, 2.75) is 12.3 Å². The molecule has 23 heavy (non-hydrogen) atoms. The van der Waals surface area contributed by atoms with Crippen LogP contribution in [0.3, 0.4) is 0 Å². The topological polar surface area (TPSA) is 88.4 Å². The van der Waals surface area contributed by atoms with E-state index in [9.17, 15) is 14.9 Å². The number of carbonyl (C=O) groups excluding carboxylic acids is 2. The van der Waals surface area contributed by atoms with E-state index in [1.54, 1.807) is 19.2 Å². The number of benzene rings is 1. The third-order valence-corrected chi connectivity index (χ3v) is 4.43. The molecule has 6 nitrogen and oxygen atoms in total. The van der Waals surface area contributed by atoms with E-state index in [1.165, 1.54) is 7.11 Å². The predicted octanol–water partition coefficient (Wildman–Crippen LogP) is 1.94. The Bertz CT molecular complexity index is 676. The third kappa shape index (κ3) is 4.05. The highest BCUT2D eigenvalue weighted by atomic mass is 32.2. The van der Waals surface area contributed by atoms with E-state index < -0.39 is 5.97 Å². The van der Waals surface area contributed by atoms with Crippen LogP contribution >= 0.6 is 11.8 Å². The molecule has 0 radical (unpaired) electrons. The van der Waals surface area contributed by atoms with Gasteiger partial charge in [-0.25, -0.2) is 0 Å². The van der Waals surface area contributed by atoms with Gasteiger partial charge in [0.25, 0.3) is 0 Å². The first-order valence-electron chi connectivity index (χ1n) is 6.86. The summed E-state index contributed by atoms with van der Waals surface area (Å²) in [6, 6.07) is 9.40. The average Bonchev–Trinajstić information content (AvgIpc) is 2.59. The molecule has 1 aliphatic heterocycles. The van der Waals surface area contributed by atoms with Crippen LogP contribution < -0.4 is 10.1 Å². The molecule has 0 unspecified atom stereocenters. The van der Waals surface area contributed by atoms with Gasteiger partial charge in [-0.2, -0.15) is 5.26 Å². The summed E-state index contributed by atoms with van der Waals surface area (Å²) < 4.78 is 9.70. The number of ether oxygens (including phenoxy) is 2. The molecular weight excluding hydrogens is 316 g/mol. The minimum Gasteiger partial charge on any atom is -0.497 e. The van der Waals surface area contributed by atoms with Crippen LogP contribution in [0.15, 0.2) is 34.9 Å². The second kappa shape index (κ2) is 7.70. The largest absolute Gasteiger partial charge is 0.497 e. The molecule has 1 aromatic carbocycles. The van der Waals surface area contributed by atoms with Crippen LogP contribution in [0, 0.1) is 11.3 Å². The Labute approximate surface area is 138 Å². The Morgan fingerprint density at radius 1 is 1.39 bits per heavy atom. The van der Waals surface area contributed by atoms with Gasteiger partial charge in [-0.05, 0) is 17.7 Å². The fourth-order valence-electron chi connectivity index (χ4n) is 2.24. The van der Waals surface area contributed by atoms with Crippen molar-refractivity contribution >= 4 is 23.6 Å². The summed E-state index contributed by atoms with van der Waals surface area (Å²) in [5.74, 6) is -0.193. The SMILES string of the molecule is COC(=O)CSC1=C(C#N)[C@@H](c2ccc(OC)cc2)CC(=O)N1. The van der Waals surface area contributed by atoms with E-state index >= 15 is 0 Å². The molecule has 0 saturated carbocycles. The van der Waals surface area contributed by atoms with Crippen LogP contribution in [0.5, 0.6) is 5.75 Å². The summed E-state index contributed by atoms with van der Waals surface area (Å²) in [6.07, 6.45) is 0.192. The summed E-state index contributed by atoms with van der Waals surface area (Å²) in [5, 5.41) is 12.6. The number of rotatable bonds is 5. The van der Waals surface area contributed by atoms with E-state index in [0.717, 1.165) is 17.3 Å². The maximum absolute atomic E-state index is 11.9. The Morgan fingerprint density at radius 3 is 2.65 bits per heavy atom. The Balaban J connectivity index is 2.31. The number of nitrogens with one attached hydrogen (secondary N) is 1. The zero-order chi connectivity index (χ0) is 16.8. The second-order valence-corrected chi connectivity index (χ2v) is 5.78. The normalized spacial score (nSPS) is 17.3. The van der Waals surface area contributed by atoms with Crippen molar-refractivity contribution in [2.24, 2.45) is 0 Å². The molecule has 0 aromatic heterocycles. The third-order valence-electron chi connectivity index (χ3n) is 3.44. The van der Waals surface area contributed by atoms with Crippen LogP contribution in [0.1, 0.15) is 17.9 Å². The van der Waals surface area contributed by atoms with Crippen LogP contribution in [-0.2, 0) is 14.3 Å². The smallest absolute Gasteiger partial charge is 0.316 e. The number of thioether (sulfide) groups is 1. The standard InChI is InChI=1S/C16H16N2O4S/c1-21-11-5-3-10(4-6-11)12-7-14(19)18-16(13(12)8-17)23-9-15(20)22-2/h3-6,12H,7,9H2,1-2H3,(H,18,19)/t12-/m1/s1. The van der Waals surface area contributed by atoms with Crippen LogP contribution in [0.2, 0.25) is 0 Å². The van der Waals surface area contributed by atoms with Crippen molar-refractivity contribution in [3.05, 3.63) is 40.4 Å². The van der Waals surface area contributed by atoms with Crippen molar-refractivity contribution in [3.63, 3.8) is 0 Å². The molecule has 1 atom stereocenters. The number of esters is 1. The highest BCUT2D eigenvalue weighted by molar-refractivity contribution is 8.03. The number of carbonyl (C=O) groups is 2. The van der Waals surface area contributed by atoms with Gasteiger partial charge in [0.2, 0.25) is 5.91 Å². The highest BCUT2D eigenvalue weighted by Gasteiger charge is 2.29. The molecule has 1 aliphatic rings. The summed E-state index contributed by atoms with van der Waals surface area (Å²) in [4.78, 5) is 23.2. The van der Waals surface area contributed by atoms with Crippen LogP contribution in [0.25, 0.3) is 0 Å². The van der Waals surface area contributed by atoms with Crippen molar-refractivity contribution in [2.75, 3.05) is 20.0 Å². The van der Waals surface area contributed by atoms with Gasteiger partial charge >= 0.3 is 5.97 Å². The number of allylic oxidation sites excluding steroid dienone is 1. The first-order chi connectivity index (χ1) is 11.1. The molecular formula is C16H16N2O4S. The van der Waals surface area contributed by atoms with E-state index in [2.05, 4.69) is 16.1 Å².